The Balaban J connectivity index is 1.50. The molecule has 3 aromatic heterocycles. The topological polar surface area (TPSA) is 77.0 Å². The number of aromatic amines is 1. The Hall–Kier alpha value is -3.26. The lowest BCUT2D eigenvalue weighted by Crippen LogP contribution is -2.33. The van der Waals surface area contributed by atoms with E-state index in [0.29, 0.717) is 26.8 Å². The third kappa shape index (κ3) is 3.99. The molecule has 6 nitrogen and oxygen atoms in total. The molecule has 1 saturated heterocycles. The minimum absolute atomic E-state index is 0.365. The van der Waals surface area contributed by atoms with E-state index in [-0.39, 0.29) is 5.56 Å². The van der Waals surface area contributed by atoms with Crippen molar-refractivity contribution < 1.29 is 4.74 Å². The van der Waals surface area contributed by atoms with E-state index in [1.807, 2.05) is 42.5 Å². The number of benzene rings is 2. The van der Waals surface area contributed by atoms with E-state index in [9.17, 15) is 9.59 Å². The highest BCUT2D eigenvalue weighted by Gasteiger charge is 2.21. The maximum absolute atomic E-state index is 13.6. The van der Waals surface area contributed by atoms with Gasteiger partial charge in [-0.25, -0.2) is 9.36 Å². The first-order valence-electron chi connectivity index (χ1n) is 11.6. The van der Waals surface area contributed by atoms with Gasteiger partial charge in [-0.05, 0) is 42.9 Å². The number of H-pyrrole nitrogens is 1. The molecule has 1 N–H and O–H groups in total. The summed E-state index contributed by atoms with van der Waals surface area (Å²) in [6, 6.07) is 15.4. The van der Waals surface area contributed by atoms with E-state index in [1.165, 1.54) is 15.9 Å². The van der Waals surface area contributed by atoms with Gasteiger partial charge in [0.15, 0.2) is 0 Å². The highest BCUT2D eigenvalue weighted by Crippen LogP contribution is 2.39. The highest BCUT2D eigenvalue weighted by atomic mass is 35.5. The molecule has 1 aliphatic heterocycles. The van der Waals surface area contributed by atoms with Crippen LogP contribution in [0.3, 0.4) is 0 Å². The van der Waals surface area contributed by atoms with Gasteiger partial charge in [-0.1, -0.05) is 48.0 Å². The maximum Gasteiger partial charge on any atom is 0.333 e. The first-order chi connectivity index (χ1) is 17.1. The van der Waals surface area contributed by atoms with Crippen LogP contribution in [0.25, 0.3) is 37.1 Å². The summed E-state index contributed by atoms with van der Waals surface area (Å²) >= 11 is 8.05. The van der Waals surface area contributed by atoms with Crippen LogP contribution in [0.4, 0.5) is 0 Å². The number of ether oxygens (including phenoxy) is 1. The molecule has 2 aromatic carbocycles. The Morgan fingerprint density at radius 3 is 2.77 bits per heavy atom. The fourth-order valence-electron chi connectivity index (χ4n) is 4.90. The quantitative estimate of drug-likeness (QED) is 0.347. The normalized spacial score (nSPS) is 14.7. The summed E-state index contributed by atoms with van der Waals surface area (Å²) in [5.74, 6) is 0.534. The highest BCUT2D eigenvalue weighted by molar-refractivity contribution is 7.22. The molecule has 176 valence electrons. The minimum atomic E-state index is -0.494. The lowest BCUT2D eigenvalue weighted by atomic mass is 9.90. The van der Waals surface area contributed by atoms with E-state index in [2.05, 4.69) is 16.0 Å². The lowest BCUT2D eigenvalue weighted by Gasteiger charge is -2.23. The molecule has 0 amide bonds. The Morgan fingerprint density at radius 1 is 1.09 bits per heavy atom. The van der Waals surface area contributed by atoms with Crippen molar-refractivity contribution in [2.24, 2.45) is 5.92 Å². The van der Waals surface area contributed by atoms with Crippen LogP contribution in [0.1, 0.15) is 18.4 Å². The van der Waals surface area contributed by atoms with Crippen molar-refractivity contribution in [1.82, 2.24) is 14.5 Å². The summed E-state index contributed by atoms with van der Waals surface area (Å²) in [6.07, 6.45) is 6.22. The molecule has 1 fully saturated rings. The smallest absolute Gasteiger partial charge is 0.333 e. The van der Waals surface area contributed by atoms with Gasteiger partial charge in [0.1, 0.15) is 4.70 Å². The standard InChI is InChI=1S/C27H22ClN3O3S/c28-20-7-3-5-17(12-16-8-10-34-11-9-16)24(20)23-13-21-25(35-23)26(32)31(27(33)30-21)22-15-29-14-18-4-1-2-6-19(18)22/h1-7,13-16H,8-12H2,(H,30,33). The van der Waals surface area contributed by atoms with Gasteiger partial charge in [0.25, 0.3) is 5.56 Å². The zero-order valence-corrected chi connectivity index (χ0v) is 20.4. The fraction of sp³-hybridized carbons (Fsp3) is 0.222. The van der Waals surface area contributed by atoms with Crippen molar-refractivity contribution in [2.75, 3.05) is 13.2 Å². The van der Waals surface area contributed by atoms with Gasteiger partial charge < -0.3 is 9.72 Å². The minimum Gasteiger partial charge on any atom is -0.381 e. The van der Waals surface area contributed by atoms with Gasteiger partial charge in [0.2, 0.25) is 0 Å². The molecule has 0 atom stereocenters. The monoisotopic (exact) mass is 503 g/mol. The number of thiophene rings is 1. The first-order valence-corrected chi connectivity index (χ1v) is 12.8. The Kier molecular flexibility index (Phi) is 5.76. The molecular weight excluding hydrogens is 482 g/mol. The van der Waals surface area contributed by atoms with Crippen molar-refractivity contribution in [1.29, 1.82) is 0 Å². The van der Waals surface area contributed by atoms with Crippen LogP contribution in [-0.4, -0.2) is 27.7 Å². The van der Waals surface area contributed by atoms with Crippen LogP contribution in [0.15, 0.2) is 70.5 Å². The number of nitrogens with zero attached hydrogens (tertiary/aromatic N) is 2. The average molecular weight is 504 g/mol. The molecule has 8 heteroatoms. The van der Waals surface area contributed by atoms with Crippen LogP contribution in [0.5, 0.6) is 0 Å². The van der Waals surface area contributed by atoms with Crippen LogP contribution >= 0.6 is 22.9 Å². The summed E-state index contributed by atoms with van der Waals surface area (Å²) in [4.78, 5) is 34.7. The molecule has 0 radical (unpaired) electrons. The third-order valence-corrected chi connectivity index (χ3v) is 8.11. The van der Waals surface area contributed by atoms with Crippen molar-refractivity contribution in [3.63, 3.8) is 0 Å². The average Bonchev–Trinajstić information content (AvgIpc) is 3.28. The van der Waals surface area contributed by atoms with Crippen LogP contribution < -0.4 is 11.2 Å². The number of halogens is 1. The van der Waals surface area contributed by atoms with Gasteiger partial charge in [-0.2, -0.15) is 0 Å². The zero-order chi connectivity index (χ0) is 23.9. The van der Waals surface area contributed by atoms with Gasteiger partial charge in [-0.15, -0.1) is 11.3 Å². The van der Waals surface area contributed by atoms with E-state index in [4.69, 9.17) is 16.3 Å². The summed E-state index contributed by atoms with van der Waals surface area (Å²) in [6.45, 7) is 1.57. The van der Waals surface area contributed by atoms with Crippen molar-refractivity contribution >= 4 is 43.9 Å². The predicted octanol–water partition coefficient (Wildman–Crippen LogP) is 5.58. The molecule has 4 heterocycles. The summed E-state index contributed by atoms with van der Waals surface area (Å²) in [5.41, 5.74) is 2.20. The van der Waals surface area contributed by atoms with Crippen molar-refractivity contribution in [2.45, 2.75) is 19.3 Å². The molecule has 35 heavy (non-hydrogen) atoms. The number of nitrogens with one attached hydrogen (secondary N) is 1. The molecule has 0 spiro atoms. The SMILES string of the molecule is O=c1[nH]c2cc(-c3c(Cl)cccc3CC3CCOCC3)sc2c(=O)n1-c1cncc2ccccc12. The van der Waals surface area contributed by atoms with E-state index >= 15 is 0 Å². The number of aromatic nitrogens is 3. The zero-order valence-electron chi connectivity index (χ0n) is 18.8. The molecule has 0 saturated carbocycles. The molecule has 0 aliphatic carbocycles. The van der Waals surface area contributed by atoms with E-state index in [0.717, 1.165) is 59.3 Å². The molecular formula is C27H22ClN3O3S. The number of hydrogen-bond acceptors (Lipinski definition) is 5. The summed E-state index contributed by atoms with van der Waals surface area (Å²) in [7, 11) is 0. The van der Waals surface area contributed by atoms with Gasteiger partial charge in [0.05, 0.1) is 17.4 Å². The second-order valence-electron chi connectivity index (χ2n) is 8.84. The Labute approximate surface area is 209 Å². The van der Waals surface area contributed by atoms with Crippen LogP contribution in [0.2, 0.25) is 5.02 Å². The summed E-state index contributed by atoms with van der Waals surface area (Å²) in [5, 5.41) is 2.29. The van der Waals surface area contributed by atoms with Gasteiger partial charge >= 0.3 is 5.69 Å². The third-order valence-electron chi connectivity index (χ3n) is 6.66. The molecule has 6 rings (SSSR count). The Morgan fingerprint density at radius 2 is 1.91 bits per heavy atom. The van der Waals surface area contributed by atoms with Crippen molar-refractivity contribution in [3.05, 3.63) is 92.3 Å². The molecule has 0 bridgehead atoms. The maximum atomic E-state index is 13.6. The van der Waals surface area contributed by atoms with Crippen LogP contribution in [0, 0.1) is 5.92 Å². The first kappa shape index (κ1) is 22.2. The van der Waals surface area contributed by atoms with E-state index in [1.54, 1.807) is 12.4 Å². The largest absolute Gasteiger partial charge is 0.381 e. The van der Waals surface area contributed by atoms with Gasteiger partial charge in [-0.3, -0.25) is 9.78 Å². The second-order valence-corrected chi connectivity index (χ2v) is 10.3. The Bertz CT molecular complexity index is 1680. The molecule has 5 aromatic rings. The predicted molar refractivity (Wildman–Crippen MR) is 141 cm³/mol. The van der Waals surface area contributed by atoms with Crippen LogP contribution in [-0.2, 0) is 11.2 Å². The molecule has 0 unspecified atom stereocenters. The number of hydrogen-bond donors (Lipinski definition) is 1. The van der Waals surface area contributed by atoms with Gasteiger partial charge in [0, 0.05) is 45.6 Å². The number of rotatable bonds is 4. The summed E-state index contributed by atoms with van der Waals surface area (Å²) < 4.78 is 7.17. The number of fused-ring (bicyclic) bond motifs is 2. The molecule has 1 aliphatic rings. The number of pyridine rings is 1. The second kappa shape index (κ2) is 9.07. The van der Waals surface area contributed by atoms with E-state index < -0.39 is 5.69 Å². The van der Waals surface area contributed by atoms with Crippen molar-refractivity contribution in [3.8, 4) is 16.1 Å². The fourth-order valence-corrected chi connectivity index (χ4v) is 6.39. The lowest BCUT2D eigenvalue weighted by molar-refractivity contribution is 0.0666.